The van der Waals surface area contributed by atoms with E-state index in [1.165, 1.54) is 0 Å². The van der Waals surface area contributed by atoms with E-state index in [0.29, 0.717) is 0 Å². The molecular weight excluding hydrogens is 350 g/mol. The predicted molar refractivity (Wildman–Crippen MR) is 87.9 cm³/mol. The number of nitrogens with one attached hydrogen (secondary N) is 3. The molecule has 6 nitrogen and oxygen atoms in total. The van der Waals surface area contributed by atoms with Crippen LogP contribution in [0.15, 0.2) is 28.9 Å². The average Bonchev–Trinajstić information content (AvgIpc) is 2.81. The van der Waals surface area contributed by atoms with E-state index < -0.39 is 17.7 Å². The molecule has 22 heavy (non-hydrogen) atoms. The van der Waals surface area contributed by atoms with E-state index in [0.717, 1.165) is 20.9 Å². The van der Waals surface area contributed by atoms with Crippen molar-refractivity contribution in [1.29, 1.82) is 0 Å². The predicted octanol–water partition coefficient (Wildman–Crippen LogP) is 3.48. The number of rotatable bonds is 4. The van der Waals surface area contributed by atoms with Crippen LogP contribution in [-0.2, 0) is 4.74 Å². The van der Waals surface area contributed by atoms with Crippen LogP contribution >= 0.6 is 15.9 Å². The van der Waals surface area contributed by atoms with Gasteiger partial charge in [-0.05, 0) is 44.5 Å². The maximum atomic E-state index is 11.7. The molecule has 2 aromatic rings. The molecule has 1 aromatic carbocycles. The highest BCUT2D eigenvalue weighted by Crippen LogP contribution is 2.26. The summed E-state index contributed by atoms with van der Waals surface area (Å²) in [6, 6.07) is 5.39. The molecule has 0 saturated carbocycles. The summed E-state index contributed by atoms with van der Waals surface area (Å²) in [5.41, 5.74) is 3.48. The van der Waals surface area contributed by atoms with Crippen molar-refractivity contribution in [3.63, 3.8) is 0 Å². The first-order valence-corrected chi connectivity index (χ1v) is 7.72. The van der Waals surface area contributed by atoms with Gasteiger partial charge in [-0.2, -0.15) is 5.48 Å². The number of aromatic amines is 1. The fraction of sp³-hybridized carbons (Fsp3) is 0.400. The topological polar surface area (TPSA) is 86.4 Å². The number of halogens is 1. The summed E-state index contributed by atoms with van der Waals surface area (Å²) in [6.07, 6.45) is 1.29. The quantitative estimate of drug-likeness (QED) is 0.621. The number of alkyl carbamates (subject to hydrolysis) is 1. The number of H-pyrrole nitrogens is 1. The van der Waals surface area contributed by atoms with Gasteiger partial charge in [0.25, 0.3) is 0 Å². The van der Waals surface area contributed by atoms with E-state index in [1.54, 1.807) is 20.8 Å². The van der Waals surface area contributed by atoms with E-state index in [-0.39, 0.29) is 6.54 Å². The Morgan fingerprint density at radius 3 is 2.82 bits per heavy atom. The first kappa shape index (κ1) is 16.8. The molecule has 0 saturated heterocycles. The summed E-state index contributed by atoms with van der Waals surface area (Å²) in [7, 11) is 0. The number of hydrogen-bond donors (Lipinski definition) is 4. The highest BCUT2D eigenvalue weighted by Gasteiger charge is 2.19. The normalized spacial score (nSPS) is 13.1. The molecule has 7 heteroatoms. The Balaban J connectivity index is 2.10. The van der Waals surface area contributed by atoms with E-state index in [2.05, 4.69) is 31.7 Å². The number of fused-ring (bicyclic) bond motifs is 1. The van der Waals surface area contributed by atoms with Crippen LogP contribution in [-0.4, -0.2) is 28.4 Å². The number of carbonyl (C=O) groups excluding carboxylic acids is 1. The zero-order valence-electron chi connectivity index (χ0n) is 12.7. The van der Waals surface area contributed by atoms with Gasteiger partial charge in [0.2, 0.25) is 0 Å². The van der Waals surface area contributed by atoms with Crippen molar-refractivity contribution in [3.05, 3.63) is 34.4 Å². The standard InChI is InChI=1S/C15H20BrN3O3/c1-15(2,3)22-14(20)18-8-13(19-21)11-7-17-12-5-4-9(16)6-10(11)12/h4-7,13,17,19,21H,8H2,1-3H3,(H,18,20). The van der Waals surface area contributed by atoms with Crippen LogP contribution in [0.4, 0.5) is 4.79 Å². The third-order valence-corrected chi connectivity index (χ3v) is 3.55. The van der Waals surface area contributed by atoms with E-state index in [9.17, 15) is 10.0 Å². The molecule has 0 aliphatic heterocycles. The first-order chi connectivity index (χ1) is 10.3. The van der Waals surface area contributed by atoms with Gasteiger partial charge in [0.1, 0.15) is 5.60 Å². The lowest BCUT2D eigenvalue weighted by molar-refractivity contribution is 0.0503. The second kappa shape index (κ2) is 6.68. The molecule has 120 valence electrons. The number of hydroxylamine groups is 1. The van der Waals surface area contributed by atoms with Crippen molar-refractivity contribution in [3.8, 4) is 0 Å². The lowest BCUT2D eigenvalue weighted by atomic mass is 10.1. The third kappa shape index (κ3) is 4.22. The summed E-state index contributed by atoms with van der Waals surface area (Å²) in [6.45, 7) is 5.59. The number of aromatic nitrogens is 1. The van der Waals surface area contributed by atoms with Crippen LogP contribution in [0.25, 0.3) is 10.9 Å². The van der Waals surface area contributed by atoms with Crippen LogP contribution in [0.2, 0.25) is 0 Å². The van der Waals surface area contributed by atoms with E-state index in [1.807, 2.05) is 24.4 Å². The van der Waals surface area contributed by atoms with Crippen LogP contribution < -0.4 is 10.8 Å². The largest absolute Gasteiger partial charge is 0.444 e. The van der Waals surface area contributed by atoms with Gasteiger partial charge in [0.15, 0.2) is 0 Å². The van der Waals surface area contributed by atoms with Gasteiger partial charge in [-0.3, -0.25) is 0 Å². The second-order valence-corrected chi connectivity index (χ2v) is 6.91. The van der Waals surface area contributed by atoms with Crippen molar-refractivity contribution < 1.29 is 14.7 Å². The molecule has 2 rings (SSSR count). The monoisotopic (exact) mass is 369 g/mol. The molecule has 0 aliphatic carbocycles. The Bertz CT molecular complexity index is 664. The Kier molecular flexibility index (Phi) is 5.10. The van der Waals surface area contributed by atoms with Crippen molar-refractivity contribution in [2.24, 2.45) is 0 Å². The van der Waals surface area contributed by atoms with Crippen molar-refractivity contribution in [2.75, 3.05) is 6.54 Å². The van der Waals surface area contributed by atoms with Crippen LogP contribution in [0, 0.1) is 0 Å². The molecule has 4 N–H and O–H groups in total. The van der Waals surface area contributed by atoms with Gasteiger partial charge in [0.05, 0.1) is 6.04 Å². The molecule has 0 aliphatic rings. The summed E-state index contributed by atoms with van der Waals surface area (Å²) < 4.78 is 6.12. The maximum Gasteiger partial charge on any atom is 0.407 e. The lowest BCUT2D eigenvalue weighted by Gasteiger charge is -2.21. The van der Waals surface area contributed by atoms with E-state index in [4.69, 9.17) is 4.74 Å². The summed E-state index contributed by atoms with van der Waals surface area (Å²) in [5, 5.41) is 13.0. The number of amides is 1. The Morgan fingerprint density at radius 1 is 1.45 bits per heavy atom. The molecule has 0 spiro atoms. The molecule has 1 amide bonds. The van der Waals surface area contributed by atoms with Gasteiger partial charge in [-0.15, -0.1) is 0 Å². The second-order valence-electron chi connectivity index (χ2n) is 6.00. The Morgan fingerprint density at radius 2 is 2.18 bits per heavy atom. The number of ether oxygens (including phenoxy) is 1. The van der Waals surface area contributed by atoms with Crippen molar-refractivity contribution >= 4 is 32.9 Å². The van der Waals surface area contributed by atoms with Gasteiger partial charge < -0.3 is 20.2 Å². The maximum absolute atomic E-state index is 11.7. The molecule has 1 unspecified atom stereocenters. The molecule has 0 radical (unpaired) electrons. The highest BCUT2D eigenvalue weighted by molar-refractivity contribution is 9.10. The lowest BCUT2D eigenvalue weighted by Crippen LogP contribution is -2.37. The fourth-order valence-corrected chi connectivity index (χ4v) is 2.49. The van der Waals surface area contributed by atoms with Gasteiger partial charge in [0, 0.05) is 28.1 Å². The van der Waals surface area contributed by atoms with Gasteiger partial charge >= 0.3 is 6.09 Å². The molecule has 0 fully saturated rings. The molecule has 0 bridgehead atoms. The molecular formula is C15H20BrN3O3. The Labute approximate surface area is 137 Å². The summed E-state index contributed by atoms with van der Waals surface area (Å²) in [5.74, 6) is 0. The zero-order valence-corrected chi connectivity index (χ0v) is 14.3. The molecule has 1 aromatic heterocycles. The zero-order chi connectivity index (χ0) is 16.3. The third-order valence-electron chi connectivity index (χ3n) is 3.06. The minimum atomic E-state index is -0.558. The summed E-state index contributed by atoms with van der Waals surface area (Å²) >= 11 is 3.43. The molecule has 1 atom stereocenters. The molecule has 1 heterocycles. The smallest absolute Gasteiger partial charge is 0.407 e. The minimum absolute atomic E-state index is 0.199. The van der Waals surface area contributed by atoms with Gasteiger partial charge in [-0.25, -0.2) is 4.79 Å². The van der Waals surface area contributed by atoms with Crippen molar-refractivity contribution in [1.82, 2.24) is 15.8 Å². The Hall–Kier alpha value is -1.57. The number of hydrogen-bond acceptors (Lipinski definition) is 4. The van der Waals surface area contributed by atoms with Crippen LogP contribution in [0.3, 0.4) is 0 Å². The highest BCUT2D eigenvalue weighted by atomic mass is 79.9. The van der Waals surface area contributed by atoms with Crippen LogP contribution in [0.1, 0.15) is 32.4 Å². The minimum Gasteiger partial charge on any atom is -0.444 e. The fourth-order valence-electron chi connectivity index (χ4n) is 2.13. The number of benzene rings is 1. The number of carbonyl (C=O) groups is 1. The summed E-state index contributed by atoms with van der Waals surface area (Å²) in [4.78, 5) is 14.8. The van der Waals surface area contributed by atoms with Crippen molar-refractivity contribution in [2.45, 2.75) is 32.4 Å². The van der Waals surface area contributed by atoms with Crippen LogP contribution in [0.5, 0.6) is 0 Å². The van der Waals surface area contributed by atoms with E-state index >= 15 is 0 Å². The average molecular weight is 370 g/mol. The first-order valence-electron chi connectivity index (χ1n) is 6.93. The van der Waals surface area contributed by atoms with Gasteiger partial charge in [-0.1, -0.05) is 15.9 Å². The SMILES string of the molecule is CC(C)(C)OC(=O)NCC(NO)c1c[nH]c2ccc(Br)cc12.